The van der Waals surface area contributed by atoms with Gasteiger partial charge in [-0.15, -0.1) is 11.3 Å². The van der Waals surface area contributed by atoms with Crippen LogP contribution in [0.15, 0.2) is 48.0 Å². The van der Waals surface area contributed by atoms with E-state index in [9.17, 15) is 0 Å². The highest BCUT2D eigenvalue weighted by molar-refractivity contribution is 7.10. The van der Waals surface area contributed by atoms with Crippen LogP contribution in [0.2, 0.25) is 0 Å². The number of hydrogen-bond donors (Lipinski definition) is 2. The number of rotatable bonds is 4. The summed E-state index contributed by atoms with van der Waals surface area (Å²) in [4.78, 5) is 7.84. The van der Waals surface area contributed by atoms with E-state index in [1.807, 2.05) is 25.4 Å². The van der Waals surface area contributed by atoms with Crippen molar-refractivity contribution in [3.05, 3.63) is 58.5 Å². The summed E-state index contributed by atoms with van der Waals surface area (Å²) in [5.74, 6) is 0. The predicted octanol–water partition coefficient (Wildman–Crippen LogP) is 3.77. The molecule has 0 aliphatic carbocycles. The van der Waals surface area contributed by atoms with Gasteiger partial charge in [-0.3, -0.25) is 0 Å². The predicted molar refractivity (Wildman–Crippen MR) is 80.7 cm³/mol. The standard InChI is InChI=1S/C15H15N3S/c1-16-12-6-4-11(5-7-12)9-15-18-14(10-19-15)13-3-2-8-17-13/h2-8,10,16-17H,9H2,1H3. The Bertz CT molecular complexity index is 638. The summed E-state index contributed by atoms with van der Waals surface area (Å²) in [6, 6.07) is 12.5. The smallest absolute Gasteiger partial charge is 0.0977 e. The molecule has 2 aromatic heterocycles. The Morgan fingerprint density at radius 3 is 2.74 bits per heavy atom. The third kappa shape index (κ3) is 2.69. The molecule has 0 saturated carbocycles. The van der Waals surface area contributed by atoms with Crippen molar-refractivity contribution in [1.29, 1.82) is 0 Å². The highest BCUT2D eigenvalue weighted by Gasteiger charge is 2.05. The van der Waals surface area contributed by atoms with Crippen molar-refractivity contribution in [1.82, 2.24) is 9.97 Å². The number of aromatic amines is 1. The minimum Gasteiger partial charge on any atom is -0.388 e. The Morgan fingerprint density at radius 2 is 2.05 bits per heavy atom. The van der Waals surface area contributed by atoms with Gasteiger partial charge in [0.15, 0.2) is 0 Å². The van der Waals surface area contributed by atoms with E-state index in [1.165, 1.54) is 5.56 Å². The van der Waals surface area contributed by atoms with Crippen LogP contribution in [0.1, 0.15) is 10.6 Å². The average molecular weight is 269 g/mol. The van der Waals surface area contributed by atoms with E-state index >= 15 is 0 Å². The summed E-state index contributed by atoms with van der Waals surface area (Å²) in [5.41, 5.74) is 4.52. The minimum atomic E-state index is 0.884. The number of thiazole rings is 1. The van der Waals surface area contributed by atoms with Crippen molar-refractivity contribution in [2.24, 2.45) is 0 Å². The van der Waals surface area contributed by atoms with E-state index in [-0.39, 0.29) is 0 Å². The number of H-pyrrole nitrogens is 1. The third-order valence-corrected chi connectivity index (χ3v) is 3.87. The molecule has 19 heavy (non-hydrogen) atoms. The fourth-order valence-corrected chi connectivity index (χ4v) is 2.80. The average Bonchev–Trinajstić information content (AvgIpc) is 3.10. The Morgan fingerprint density at radius 1 is 1.21 bits per heavy atom. The maximum absolute atomic E-state index is 4.66. The van der Waals surface area contributed by atoms with Gasteiger partial charge in [0.2, 0.25) is 0 Å². The van der Waals surface area contributed by atoms with Crippen molar-refractivity contribution in [2.45, 2.75) is 6.42 Å². The van der Waals surface area contributed by atoms with Crippen molar-refractivity contribution in [2.75, 3.05) is 12.4 Å². The molecule has 0 saturated heterocycles. The number of nitrogens with one attached hydrogen (secondary N) is 2. The first-order valence-electron chi connectivity index (χ1n) is 6.20. The molecule has 0 spiro atoms. The number of benzene rings is 1. The first-order valence-corrected chi connectivity index (χ1v) is 7.08. The van der Waals surface area contributed by atoms with Gasteiger partial charge in [-0.2, -0.15) is 0 Å². The van der Waals surface area contributed by atoms with Gasteiger partial charge >= 0.3 is 0 Å². The lowest BCUT2D eigenvalue weighted by Gasteiger charge is -2.01. The summed E-state index contributed by atoms with van der Waals surface area (Å²) in [7, 11) is 1.93. The lowest BCUT2D eigenvalue weighted by molar-refractivity contribution is 1.13. The van der Waals surface area contributed by atoms with Crippen molar-refractivity contribution < 1.29 is 0 Å². The van der Waals surface area contributed by atoms with Gasteiger partial charge in [0.1, 0.15) is 0 Å². The summed E-state index contributed by atoms with van der Waals surface area (Å²) < 4.78 is 0. The summed E-state index contributed by atoms with van der Waals surface area (Å²) >= 11 is 1.71. The molecule has 3 aromatic rings. The Labute approximate surface area is 116 Å². The molecule has 3 nitrogen and oxygen atoms in total. The van der Waals surface area contributed by atoms with Crippen LogP contribution >= 0.6 is 11.3 Å². The quantitative estimate of drug-likeness (QED) is 0.757. The molecule has 0 unspecified atom stereocenters. The van der Waals surface area contributed by atoms with E-state index in [0.717, 1.165) is 28.5 Å². The number of anilines is 1. The molecule has 1 aromatic carbocycles. The lowest BCUT2D eigenvalue weighted by Crippen LogP contribution is -1.90. The van der Waals surface area contributed by atoms with Crippen LogP contribution in [0.5, 0.6) is 0 Å². The van der Waals surface area contributed by atoms with Gasteiger partial charge in [0.25, 0.3) is 0 Å². The maximum atomic E-state index is 4.66. The van der Waals surface area contributed by atoms with Crippen molar-refractivity contribution in [3.8, 4) is 11.4 Å². The molecule has 4 heteroatoms. The van der Waals surface area contributed by atoms with E-state index in [2.05, 4.69) is 44.9 Å². The van der Waals surface area contributed by atoms with Crippen LogP contribution in [0.4, 0.5) is 5.69 Å². The topological polar surface area (TPSA) is 40.7 Å². The van der Waals surface area contributed by atoms with Crippen LogP contribution in [0.3, 0.4) is 0 Å². The second-order valence-electron chi connectivity index (χ2n) is 4.33. The van der Waals surface area contributed by atoms with Gasteiger partial charge in [0, 0.05) is 30.7 Å². The van der Waals surface area contributed by atoms with Crippen LogP contribution in [-0.2, 0) is 6.42 Å². The maximum Gasteiger partial charge on any atom is 0.0977 e. The largest absolute Gasteiger partial charge is 0.388 e. The highest BCUT2D eigenvalue weighted by atomic mass is 32.1. The molecule has 0 aliphatic rings. The second-order valence-corrected chi connectivity index (χ2v) is 5.28. The van der Waals surface area contributed by atoms with E-state index in [1.54, 1.807) is 11.3 Å². The number of hydrogen-bond acceptors (Lipinski definition) is 3. The van der Waals surface area contributed by atoms with E-state index < -0.39 is 0 Å². The molecule has 0 atom stereocenters. The monoisotopic (exact) mass is 269 g/mol. The molecular formula is C15H15N3S. The second kappa shape index (κ2) is 5.28. The first-order chi connectivity index (χ1) is 9.35. The van der Waals surface area contributed by atoms with Gasteiger partial charge in [0.05, 0.1) is 16.4 Å². The van der Waals surface area contributed by atoms with Crippen LogP contribution in [-0.4, -0.2) is 17.0 Å². The molecule has 0 fully saturated rings. The molecule has 0 aliphatic heterocycles. The fraction of sp³-hybridized carbons (Fsp3) is 0.133. The van der Waals surface area contributed by atoms with Crippen LogP contribution in [0.25, 0.3) is 11.4 Å². The Balaban J connectivity index is 1.76. The third-order valence-electron chi connectivity index (χ3n) is 3.02. The molecule has 96 valence electrons. The fourth-order valence-electron chi connectivity index (χ4n) is 1.97. The van der Waals surface area contributed by atoms with Gasteiger partial charge in [-0.1, -0.05) is 12.1 Å². The number of aromatic nitrogens is 2. The molecule has 0 bridgehead atoms. The van der Waals surface area contributed by atoms with Crippen molar-refractivity contribution >= 4 is 17.0 Å². The zero-order valence-corrected chi connectivity index (χ0v) is 11.5. The van der Waals surface area contributed by atoms with Crippen LogP contribution < -0.4 is 5.32 Å². The molecule has 3 rings (SSSR count). The van der Waals surface area contributed by atoms with E-state index in [0.29, 0.717) is 0 Å². The molecular weight excluding hydrogens is 254 g/mol. The van der Waals surface area contributed by atoms with Crippen molar-refractivity contribution in [3.63, 3.8) is 0 Å². The summed E-state index contributed by atoms with van der Waals surface area (Å²) in [5, 5.41) is 6.36. The summed E-state index contributed by atoms with van der Waals surface area (Å²) in [6.45, 7) is 0. The molecule has 0 radical (unpaired) electrons. The molecule has 2 heterocycles. The lowest BCUT2D eigenvalue weighted by atomic mass is 10.1. The Kier molecular flexibility index (Phi) is 3.33. The van der Waals surface area contributed by atoms with Crippen LogP contribution in [0, 0.1) is 0 Å². The minimum absolute atomic E-state index is 0.884. The molecule has 2 N–H and O–H groups in total. The highest BCUT2D eigenvalue weighted by Crippen LogP contribution is 2.22. The SMILES string of the molecule is CNc1ccc(Cc2nc(-c3ccc[nH]3)cs2)cc1. The summed E-state index contributed by atoms with van der Waals surface area (Å²) in [6.07, 6.45) is 2.81. The first kappa shape index (κ1) is 12.0. The number of nitrogens with zero attached hydrogens (tertiary/aromatic N) is 1. The van der Waals surface area contributed by atoms with Gasteiger partial charge in [-0.25, -0.2) is 4.98 Å². The zero-order valence-electron chi connectivity index (χ0n) is 10.7. The van der Waals surface area contributed by atoms with E-state index in [4.69, 9.17) is 0 Å². The zero-order chi connectivity index (χ0) is 13.1. The normalized spacial score (nSPS) is 10.6. The Hall–Kier alpha value is -2.07. The van der Waals surface area contributed by atoms with Gasteiger partial charge in [-0.05, 0) is 29.8 Å². The van der Waals surface area contributed by atoms with Gasteiger partial charge < -0.3 is 10.3 Å². The molecule has 0 amide bonds.